The highest BCUT2D eigenvalue weighted by atomic mass is 16.2. The highest BCUT2D eigenvalue weighted by Crippen LogP contribution is 2.28. The monoisotopic (exact) mass is 399 g/mol. The fourth-order valence-corrected chi connectivity index (χ4v) is 4.51. The van der Waals surface area contributed by atoms with E-state index in [1.807, 2.05) is 12.1 Å². The maximum atomic E-state index is 12.9. The van der Waals surface area contributed by atoms with Crippen LogP contribution in [-0.4, -0.2) is 41.2 Å². The number of hydrogen-bond acceptors (Lipinski definition) is 4. The molecule has 1 aliphatic carbocycles. The number of carbonyl (C=O) groups is 2. The molecule has 2 amide bonds. The number of likely N-dealkylation sites (tertiary alicyclic amines) is 1. The van der Waals surface area contributed by atoms with Crippen LogP contribution in [0, 0.1) is 11.3 Å². The van der Waals surface area contributed by atoms with Crippen LogP contribution in [0.2, 0.25) is 0 Å². The first-order valence-electron chi connectivity index (χ1n) is 10.7. The van der Waals surface area contributed by atoms with E-state index in [2.05, 4.69) is 5.32 Å². The van der Waals surface area contributed by atoms with Crippen LogP contribution in [-0.2, 0) is 16.1 Å². The SMILES string of the molecule is N=C(N)c1ccc(CNC(=O)[C@@H]2CCCN2C(=O)[C@H](N)CC2CCCCC2)cc1. The molecule has 2 atom stereocenters. The van der Waals surface area contributed by atoms with Gasteiger partial charge in [-0.1, -0.05) is 56.4 Å². The zero-order valence-electron chi connectivity index (χ0n) is 17.0. The third-order valence-corrected chi connectivity index (χ3v) is 6.20. The number of nitrogens with two attached hydrogens (primary N) is 2. The lowest BCUT2D eigenvalue weighted by Crippen LogP contribution is -2.51. The number of benzene rings is 1. The summed E-state index contributed by atoms with van der Waals surface area (Å²) >= 11 is 0. The molecule has 7 nitrogen and oxygen atoms in total. The number of carbonyl (C=O) groups excluding carboxylic acids is 2. The summed E-state index contributed by atoms with van der Waals surface area (Å²) in [4.78, 5) is 27.3. The van der Waals surface area contributed by atoms with Crippen LogP contribution >= 0.6 is 0 Å². The molecule has 1 aromatic carbocycles. The second-order valence-electron chi connectivity index (χ2n) is 8.36. The summed E-state index contributed by atoms with van der Waals surface area (Å²) in [5.74, 6) is 0.344. The van der Waals surface area contributed by atoms with Gasteiger partial charge in [0.15, 0.2) is 0 Å². The van der Waals surface area contributed by atoms with Crippen molar-refractivity contribution in [2.45, 2.75) is 70.0 Å². The quantitative estimate of drug-likeness (QED) is 0.412. The Morgan fingerprint density at radius 3 is 2.45 bits per heavy atom. The van der Waals surface area contributed by atoms with Gasteiger partial charge in [-0.15, -0.1) is 0 Å². The number of amidine groups is 1. The molecule has 2 aliphatic rings. The first-order chi connectivity index (χ1) is 14.0. The predicted molar refractivity (Wildman–Crippen MR) is 113 cm³/mol. The van der Waals surface area contributed by atoms with Crippen molar-refractivity contribution in [3.8, 4) is 0 Å². The molecule has 0 radical (unpaired) electrons. The van der Waals surface area contributed by atoms with Crippen molar-refractivity contribution in [3.63, 3.8) is 0 Å². The molecule has 1 aliphatic heterocycles. The van der Waals surface area contributed by atoms with Gasteiger partial charge in [0.2, 0.25) is 11.8 Å². The number of nitrogens with zero attached hydrogens (tertiary/aromatic N) is 1. The summed E-state index contributed by atoms with van der Waals surface area (Å²) in [7, 11) is 0. The Hall–Kier alpha value is -2.41. The van der Waals surface area contributed by atoms with E-state index < -0.39 is 12.1 Å². The van der Waals surface area contributed by atoms with Gasteiger partial charge in [-0.25, -0.2) is 0 Å². The van der Waals surface area contributed by atoms with Crippen molar-refractivity contribution < 1.29 is 9.59 Å². The third kappa shape index (κ3) is 5.56. The molecule has 0 aromatic heterocycles. The zero-order valence-corrected chi connectivity index (χ0v) is 17.0. The van der Waals surface area contributed by atoms with E-state index in [1.54, 1.807) is 17.0 Å². The van der Waals surface area contributed by atoms with E-state index in [0.717, 1.165) is 31.2 Å². The predicted octanol–water partition coefficient (Wildman–Crippen LogP) is 1.88. The Bertz CT molecular complexity index is 727. The molecule has 7 heteroatoms. The van der Waals surface area contributed by atoms with Gasteiger partial charge < -0.3 is 21.7 Å². The van der Waals surface area contributed by atoms with Gasteiger partial charge >= 0.3 is 0 Å². The molecule has 29 heavy (non-hydrogen) atoms. The summed E-state index contributed by atoms with van der Waals surface area (Å²) < 4.78 is 0. The summed E-state index contributed by atoms with van der Waals surface area (Å²) in [6.07, 6.45) is 8.30. The Morgan fingerprint density at radius 1 is 1.10 bits per heavy atom. The van der Waals surface area contributed by atoms with Gasteiger partial charge in [-0.2, -0.15) is 0 Å². The number of amides is 2. The number of nitrogen functional groups attached to an aromatic ring is 1. The largest absolute Gasteiger partial charge is 0.384 e. The van der Waals surface area contributed by atoms with Crippen molar-refractivity contribution in [2.75, 3.05) is 6.54 Å². The summed E-state index contributed by atoms with van der Waals surface area (Å²) in [5, 5.41) is 10.4. The van der Waals surface area contributed by atoms with Crippen molar-refractivity contribution in [3.05, 3.63) is 35.4 Å². The fraction of sp³-hybridized carbons (Fsp3) is 0.591. The lowest BCUT2D eigenvalue weighted by Gasteiger charge is -2.29. The molecule has 1 aromatic rings. The molecule has 1 saturated heterocycles. The summed E-state index contributed by atoms with van der Waals surface area (Å²) in [5.41, 5.74) is 13.3. The molecule has 2 fully saturated rings. The minimum Gasteiger partial charge on any atom is -0.384 e. The lowest BCUT2D eigenvalue weighted by molar-refractivity contribution is -0.139. The van der Waals surface area contributed by atoms with E-state index in [9.17, 15) is 9.59 Å². The van der Waals surface area contributed by atoms with Gasteiger partial charge in [0.1, 0.15) is 11.9 Å². The van der Waals surface area contributed by atoms with E-state index in [4.69, 9.17) is 16.9 Å². The maximum absolute atomic E-state index is 12.9. The van der Waals surface area contributed by atoms with Crippen LogP contribution in [0.25, 0.3) is 0 Å². The molecule has 0 unspecified atom stereocenters. The first kappa shape index (κ1) is 21.3. The Balaban J connectivity index is 1.52. The average molecular weight is 400 g/mol. The molecule has 1 heterocycles. The first-order valence-corrected chi connectivity index (χ1v) is 10.7. The average Bonchev–Trinajstić information content (AvgIpc) is 3.22. The standard InChI is InChI=1S/C22H33N5O2/c23-18(13-15-5-2-1-3-6-15)22(29)27-12-4-7-19(27)21(28)26-14-16-8-10-17(11-9-16)20(24)25/h8-11,15,18-19H,1-7,12-14,23H2,(H3,24,25)(H,26,28)/t18-,19+/m1/s1. The van der Waals surface area contributed by atoms with Crippen LogP contribution in [0.4, 0.5) is 0 Å². The minimum atomic E-state index is -0.509. The van der Waals surface area contributed by atoms with Crippen molar-refractivity contribution in [1.29, 1.82) is 5.41 Å². The minimum absolute atomic E-state index is 0.0188. The van der Waals surface area contributed by atoms with E-state index in [0.29, 0.717) is 31.0 Å². The third-order valence-electron chi connectivity index (χ3n) is 6.20. The highest BCUT2D eigenvalue weighted by Gasteiger charge is 2.36. The lowest BCUT2D eigenvalue weighted by atomic mass is 9.84. The second kappa shape index (κ2) is 9.87. The topological polar surface area (TPSA) is 125 Å². The molecule has 6 N–H and O–H groups in total. The van der Waals surface area contributed by atoms with Crippen molar-refractivity contribution in [2.24, 2.45) is 17.4 Å². The van der Waals surface area contributed by atoms with Crippen LogP contribution in [0.5, 0.6) is 0 Å². The number of rotatable bonds is 7. The van der Waals surface area contributed by atoms with Crippen LogP contribution in [0.3, 0.4) is 0 Å². The molecule has 0 spiro atoms. The number of nitrogens with one attached hydrogen (secondary N) is 2. The van der Waals surface area contributed by atoms with Gasteiger partial charge in [0.25, 0.3) is 0 Å². The van der Waals surface area contributed by atoms with Gasteiger partial charge in [0, 0.05) is 18.7 Å². The molecule has 1 saturated carbocycles. The maximum Gasteiger partial charge on any atom is 0.243 e. The van der Waals surface area contributed by atoms with E-state index in [1.165, 1.54) is 19.3 Å². The van der Waals surface area contributed by atoms with Gasteiger partial charge in [-0.3, -0.25) is 15.0 Å². The molecular weight excluding hydrogens is 366 g/mol. The van der Waals surface area contributed by atoms with Gasteiger partial charge in [-0.05, 0) is 30.7 Å². The molecular formula is C22H33N5O2. The Morgan fingerprint density at radius 2 is 1.79 bits per heavy atom. The smallest absolute Gasteiger partial charge is 0.243 e. The van der Waals surface area contributed by atoms with Crippen molar-refractivity contribution >= 4 is 17.6 Å². The molecule has 3 rings (SSSR count). The number of hydrogen-bond donors (Lipinski definition) is 4. The van der Waals surface area contributed by atoms with Gasteiger partial charge in [0.05, 0.1) is 6.04 Å². The van der Waals surface area contributed by atoms with E-state index in [-0.39, 0.29) is 17.6 Å². The second-order valence-corrected chi connectivity index (χ2v) is 8.36. The Labute approximate surface area is 172 Å². The van der Waals surface area contributed by atoms with Crippen LogP contribution in [0.15, 0.2) is 24.3 Å². The van der Waals surface area contributed by atoms with Crippen LogP contribution in [0.1, 0.15) is 62.5 Å². The highest BCUT2D eigenvalue weighted by molar-refractivity contribution is 5.95. The summed E-state index contributed by atoms with van der Waals surface area (Å²) in [6.45, 7) is 0.978. The molecule has 158 valence electrons. The fourth-order valence-electron chi connectivity index (χ4n) is 4.51. The zero-order chi connectivity index (χ0) is 20.8. The normalized spacial score (nSPS) is 21.0. The van der Waals surface area contributed by atoms with Crippen molar-refractivity contribution in [1.82, 2.24) is 10.2 Å². The Kier molecular flexibility index (Phi) is 7.25. The van der Waals surface area contributed by atoms with E-state index >= 15 is 0 Å². The summed E-state index contributed by atoms with van der Waals surface area (Å²) in [6, 6.07) is 6.27. The molecule has 0 bridgehead atoms. The van der Waals surface area contributed by atoms with Crippen LogP contribution < -0.4 is 16.8 Å².